The predicted molar refractivity (Wildman–Crippen MR) is 81.3 cm³/mol. The van der Waals surface area contributed by atoms with Gasteiger partial charge in [-0.15, -0.1) is 0 Å². The van der Waals surface area contributed by atoms with E-state index in [-0.39, 0.29) is 11.7 Å². The molecule has 5 heteroatoms. The normalized spacial score (nSPS) is 23.4. The summed E-state index contributed by atoms with van der Waals surface area (Å²) in [6.07, 6.45) is 2.44. The Bertz CT molecular complexity index is 506. The number of carbonyl (C=O) groups excluding carboxylic acids is 1. The van der Waals surface area contributed by atoms with Crippen LogP contribution in [-0.2, 0) is 0 Å². The van der Waals surface area contributed by atoms with Crippen LogP contribution in [-0.4, -0.2) is 53.0 Å². The Labute approximate surface area is 126 Å². The van der Waals surface area contributed by atoms with E-state index in [2.05, 4.69) is 27.5 Å². The van der Waals surface area contributed by atoms with Gasteiger partial charge in [-0.25, -0.2) is 0 Å². The predicted octanol–water partition coefficient (Wildman–Crippen LogP) is 1.92. The Morgan fingerprint density at radius 1 is 1.32 bits per heavy atom. The molecule has 1 N–H and O–H groups in total. The van der Waals surface area contributed by atoms with Crippen LogP contribution in [0.2, 0.25) is 0 Å². The van der Waals surface area contributed by atoms with Crippen molar-refractivity contribution in [1.82, 2.24) is 9.80 Å². The topological polar surface area (TPSA) is 43.8 Å². The van der Waals surface area contributed by atoms with Gasteiger partial charge in [0.15, 0.2) is 0 Å². The third-order valence-corrected chi connectivity index (χ3v) is 4.98. The molecule has 0 aromatic heterocycles. The molecule has 1 amide bonds. The van der Waals surface area contributed by atoms with E-state index in [4.69, 9.17) is 0 Å². The Morgan fingerprint density at radius 2 is 2.16 bits per heavy atom. The largest absolute Gasteiger partial charge is 0.507 e. The molecule has 2 aliphatic heterocycles. The minimum atomic E-state index is 0.0400. The zero-order valence-corrected chi connectivity index (χ0v) is 12.8. The standard InChI is InChI=1S/C14H17IN2O2/c15-12-4-3-10(8-13(12)18)14(19)17-7-6-16-5-1-2-11(16)9-17/h3-4,8,11,18H,1-2,5-7,9H2. The van der Waals surface area contributed by atoms with Gasteiger partial charge in [0.25, 0.3) is 5.91 Å². The second kappa shape index (κ2) is 5.28. The Morgan fingerprint density at radius 3 is 2.95 bits per heavy atom. The highest BCUT2D eigenvalue weighted by atomic mass is 127. The van der Waals surface area contributed by atoms with Crippen molar-refractivity contribution in [3.05, 3.63) is 27.3 Å². The summed E-state index contributed by atoms with van der Waals surface area (Å²) in [4.78, 5) is 16.9. The van der Waals surface area contributed by atoms with E-state index < -0.39 is 0 Å². The van der Waals surface area contributed by atoms with E-state index in [1.165, 1.54) is 19.4 Å². The molecule has 2 fully saturated rings. The number of halogens is 1. The molecule has 1 unspecified atom stereocenters. The Hall–Kier alpha value is -0.820. The van der Waals surface area contributed by atoms with Crippen LogP contribution in [0.5, 0.6) is 5.75 Å². The minimum Gasteiger partial charge on any atom is -0.507 e. The van der Waals surface area contributed by atoms with Crippen LogP contribution < -0.4 is 0 Å². The van der Waals surface area contributed by atoms with Crippen molar-refractivity contribution in [3.8, 4) is 5.75 Å². The van der Waals surface area contributed by atoms with Crippen molar-refractivity contribution >= 4 is 28.5 Å². The van der Waals surface area contributed by atoms with Gasteiger partial charge in [0.2, 0.25) is 0 Å². The number of benzene rings is 1. The second-order valence-corrected chi connectivity index (χ2v) is 6.41. The molecule has 1 atom stereocenters. The maximum Gasteiger partial charge on any atom is 0.254 e. The fourth-order valence-electron chi connectivity index (χ4n) is 3.00. The van der Waals surface area contributed by atoms with Gasteiger partial charge in [-0.3, -0.25) is 9.69 Å². The number of amides is 1. The van der Waals surface area contributed by atoms with Crippen LogP contribution in [0.25, 0.3) is 0 Å². The molecule has 0 aliphatic carbocycles. The highest BCUT2D eigenvalue weighted by molar-refractivity contribution is 14.1. The van der Waals surface area contributed by atoms with Crippen LogP contribution in [0.1, 0.15) is 23.2 Å². The second-order valence-electron chi connectivity index (χ2n) is 5.25. The summed E-state index contributed by atoms with van der Waals surface area (Å²) < 4.78 is 0.773. The fraction of sp³-hybridized carbons (Fsp3) is 0.500. The van der Waals surface area contributed by atoms with E-state index in [1.54, 1.807) is 18.2 Å². The zero-order valence-electron chi connectivity index (χ0n) is 10.7. The number of piperazine rings is 1. The minimum absolute atomic E-state index is 0.0400. The molecule has 4 nitrogen and oxygen atoms in total. The van der Waals surface area contributed by atoms with Crippen LogP contribution in [0.3, 0.4) is 0 Å². The summed E-state index contributed by atoms with van der Waals surface area (Å²) in [6, 6.07) is 5.69. The highest BCUT2D eigenvalue weighted by Crippen LogP contribution is 2.24. The third-order valence-electron chi connectivity index (χ3n) is 4.07. The molecule has 1 aromatic rings. The van der Waals surface area contributed by atoms with Crippen molar-refractivity contribution in [2.75, 3.05) is 26.2 Å². The zero-order chi connectivity index (χ0) is 13.4. The summed E-state index contributed by atoms with van der Waals surface area (Å²) in [6.45, 7) is 3.78. The van der Waals surface area contributed by atoms with Crippen molar-refractivity contribution < 1.29 is 9.90 Å². The molecular formula is C14H17IN2O2. The number of hydrogen-bond donors (Lipinski definition) is 1. The molecule has 0 spiro atoms. The first kappa shape index (κ1) is 13.2. The lowest BCUT2D eigenvalue weighted by atomic mass is 10.1. The molecule has 2 heterocycles. The number of aromatic hydroxyl groups is 1. The van der Waals surface area contributed by atoms with Crippen molar-refractivity contribution in [1.29, 1.82) is 0 Å². The number of phenolic OH excluding ortho intramolecular Hbond substituents is 1. The molecule has 2 saturated heterocycles. The summed E-state index contributed by atoms with van der Waals surface area (Å²) in [5.41, 5.74) is 0.587. The Balaban J connectivity index is 1.74. The maximum atomic E-state index is 12.4. The van der Waals surface area contributed by atoms with Gasteiger partial charge in [0.1, 0.15) is 5.75 Å². The number of fused-ring (bicyclic) bond motifs is 1. The molecule has 0 saturated carbocycles. The summed E-state index contributed by atoms with van der Waals surface area (Å²) >= 11 is 2.06. The highest BCUT2D eigenvalue weighted by Gasteiger charge is 2.32. The van der Waals surface area contributed by atoms with Crippen LogP contribution in [0.4, 0.5) is 0 Å². The van der Waals surface area contributed by atoms with Gasteiger partial charge in [-0.05, 0) is 60.2 Å². The molecule has 3 rings (SSSR count). The average Bonchev–Trinajstić information content (AvgIpc) is 2.88. The summed E-state index contributed by atoms with van der Waals surface area (Å²) in [5, 5.41) is 9.71. The van der Waals surface area contributed by atoms with E-state index in [0.717, 1.165) is 23.2 Å². The van der Waals surface area contributed by atoms with E-state index in [1.807, 2.05) is 4.90 Å². The van der Waals surface area contributed by atoms with Gasteiger partial charge >= 0.3 is 0 Å². The molecule has 0 bridgehead atoms. The van der Waals surface area contributed by atoms with Gasteiger partial charge in [-0.1, -0.05) is 0 Å². The maximum absolute atomic E-state index is 12.4. The molecule has 2 aliphatic rings. The van der Waals surface area contributed by atoms with E-state index in [9.17, 15) is 9.90 Å². The molecular weight excluding hydrogens is 355 g/mol. The number of rotatable bonds is 1. The summed E-state index contributed by atoms with van der Waals surface area (Å²) in [5.74, 6) is 0.226. The molecule has 0 radical (unpaired) electrons. The lowest BCUT2D eigenvalue weighted by Crippen LogP contribution is -2.52. The quantitative estimate of drug-likeness (QED) is 0.767. The lowest BCUT2D eigenvalue weighted by Gasteiger charge is -2.37. The monoisotopic (exact) mass is 372 g/mol. The smallest absolute Gasteiger partial charge is 0.254 e. The SMILES string of the molecule is O=C(c1ccc(I)c(O)c1)N1CCN2CCCC2C1. The van der Waals surface area contributed by atoms with Crippen molar-refractivity contribution in [2.45, 2.75) is 18.9 Å². The first-order chi connectivity index (χ1) is 9.15. The van der Waals surface area contributed by atoms with Gasteiger partial charge in [0, 0.05) is 31.2 Å². The fourth-order valence-corrected chi connectivity index (χ4v) is 3.34. The van der Waals surface area contributed by atoms with Crippen LogP contribution in [0, 0.1) is 3.57 Å². The number of phenols is 1. The van der Waals surface area contributed by atoms with E-state index in [0.29, 0.717) is 11.6 Å². The summed E-state index contributed by atoms with van der Waals surface area (Å²) in [7, 11) is 0. The van der Waals surface area contributed by atoms with Crippen LogP contribution in [0.15, 0.2) is 18.2 Å². The average molecular weight is 372 g/mol. The lowest BCUT2D eigenvalue weighted by molar-refractivity contribution is 0.0571. The van der Waals surface area contributed by atoms with Crippen molar-refractivity contribution in [3.63, 3.8) is 0 Å². The van der Waals surface area contributed by atoms with E-state index >= 15 is 0 Å². The molecule has 19 heavy (non-hydrogen) atoms. The van der Waals surface area contributed by atoms with Gasteiger partial charge in [-0.2, -0.15) is 0 Å². The third kappa shape index (κ3) is 2.58. The van der Waals surface area contributed by atoms with Gasteiger partial charge < -0.3 is 10.0 Å². The first-order valence-corrected chi connectivity index (χ1v) is 7.75. The number of nitrogens with zero attached hydrogens (tertiary/aromatic N) is 2. The number of hydrogen-bond acceptors (Lipinski definition) is 3. The number of carbonyl (C=O) groups is 1. The van der Waals surface area contributed by atoms with Gasteiger partial charge in [0.05, 0.1) is 3.57 Å². The Kier molecular flexibility index (Phi) is 3.66. The molecule has 1 aromatic carbocycles. The van der Waals surface area contributed by atoms with Crippen LogP contribution >= 0.6 is 22.6 Å². The molecule has 102 valence electrons. The van der Waals surface area contributed by atoms with Crippen molar-refractivity contribution in [2.24, 2.45) is 0 Å². The first-order valence-electron chi connectivity index (χ1n) is 6.67.